The summed E-state index contributed by atoms with van der Waals surface area (Å²) in [4.78, 5) is 8.14. The monoisotopic (exact) mass is 235 g/mol. The van der Waals surface area contributed by atoms with Gasteiger partial charge in [0.1, 0.15) is 23.3 Å². The first-order valence-electron chi connectivity index (χ1n) is 5.08. The van der Waals surface area contributed by atoms with Crippen molar-refractivity contribution in [3.63, 3.8) is 0 Å². The zero-order chi connectivity index (χ0) is 12.4. The van der Waals surface area contributed by atoms with Gasteiger partial charge in [-0.15, -0.1) is 0 Å². The highest BCUT2D eigenvalue weighted by Crippen LogP contribution is 2.13. The van der Waals surface area contributed by atoms with Crippen LogP contribution in [0.25, 0.3) is 0 Å². The van der Waals surface area contributed by atoms with Gasteiger partial charge in [0.2, 0.25) is 0 Å². The molecule has 0 amide bonds. The number of benzene rings is 1. The Balaban J connectivity index is 2.31. The molecule has 0 radical (unpaired) electrons. The molecule has 0 saturated heterocycles. The molecule has 88 valence electrons. The van der Waals surface area contributed by atoms with Crippen LogP contribution in [0.4, 0.5) is 14.6 Å². The molecule has 1 aromatic heterocycles. The van der Waals surface area contributed by atoms with Crippen LogP contribution < -0.4 is 5.73 Å². The second kappa shape index (κ2) is 4.45. The highest BCUT2D eigenvalue weighted by molar-refractivity contribution is 5.31. The van der Waals surface area contributed by atoms with Crippen molar-refractivity contribution in [2.45, 2.75) is 13.3 Å². The number of hydrogen-bond acceptors (Lipinski definition) is 3. The first kappa shape index (κ1) is 11.4. The van der Waals surface area contributed by atoms with Crippen LogP contribution in [-0.4, -0.2) is 9.97 Å². The molecule has 0 aliphatic carbocycles. The molecular weight excluding hydrogens is 224 g/mol. The first-order chi connectivity index (χ1) is 8.04. The predicted octanol–water partition coefficient (Wildman–Crippen LogP) is 2.24. The maximum Gasteiger partial charge on any atom is 0.135 e. The van der Waals surface area contributed by atoms with Crippen LogP contribution in [-0.2, 0) is 6.42 Å². The fourth-order valence-corrected chi connectivity index (χ4v) is 1.57. The van der Waals surface area contributed by atoms with E-state index in [0.717, 1.165) is 11.8 Å². The van der Waals surface area contributed by atoms with Crippen LogP contribution in [0, 0.1) is 18.6 Å². The van der Waals surface area contributed by atoms with E-state index in [-0.39, 0.29) is 6.42 Å². The smallest absolute Gasteiger partial charge is 0.135 e. The maximum atomic E-state index is 13.4. The Hall–Kier alpha value is -2.04. The van der Waals surface area contributed by atoms with Crippen molar-refractivity contribution < 1.29 is 8.78 Å². The minimum absolute atomic E-state index is 0.192. The van der Waals surface area contributed by atoms with Crippen molar-refractivity contribution in [1.82, 2.24) is 9.97 Å². The van der Waals surface area contributed by atoms with E-state index in [2.05, 4.69) is 9.97 Å². The maximum absolute atomic E-state index is 13.4. The van der Waals surface area contributed by atoms with E-state index >= 15 is 0 Å². The van der Waals surface area contributed by atoms with Crippen LogP contribution in [0.1, 0.15) is 17.1 Å². The molecule has 2 N–H and O–H groups in total. The van der Waals surface area contributed by atoms with Gasteiger partial charge in [-0.05, 0) is 18.6 Å². The number of aromatic nitrogens is 2. The van der Waals surface area contributed by atoms with E-state index < -0.39 is 11.6 Å². The SMILES string of the molecule is Cc1cc(N)nc(Cc2ccc(F)cc2F)n1. The van der Waals surface area contributed by atoms with Crippen molar-refractivity contribution in [3.05, 3.63) is 53.0 Å². The molecule has 0 unspecified atom stereocenters. The molecule has 5 heteroatoms. The van der Waals surface area contributed by atoms with Gasteiger partial charge in [0.15, 0.2) is 0 Å². The van der Waals surface area contributed by atoms with Crippen molar-refractivity contribution in [2.24, 2.45) is 0 Å². The molecule has 0 bridgehead atoms. The Morgan fingerprint density at radius 2 is 1.94 bits per heavy atom. The summed E-state index contributed by atoms with van der Waals surface area (Å²) in [6.45, 7) is 1.78. The third kappa shape index (κ3) is 2.75. The van der Waals surface area contributed by atoms with Crippen LogP contribution >= 0.6 is 0 Å². The van der Waals surface area contributed by atoms with E-state index in [1.165, 1.54) is 12.1 Å². The summed E-state index contributed by atoms with van der Waals surface area (Å²) >= 11 is 0. The number of nitrogen functional groups attached to an aromatic ring is 1. The van der Waals surface area contributed by atoms with Crippen LogP contribution in [0.2, 0.25) is 0 Å². The fourth-order valence-electron chi connectivity index (χ4n) is 1.57. The summed E-state index contributed by atoms with van der Waals surface area (Å²) < 4.78 is 26.1. The average Bonchev–Trinajstić information content (AvgIpc) is 2.21. The number of halogens is 2. The second-order valence-corrected chi connectivity index (χ2v) is 3.76. The molecule has 0 atom stereocenters. The third-order valence-corrected chi connectivity index (χ3v) is 2.28. The minimum atomic E-state index is -0.603. The molecule has 3 nitrogen and oxygen atoms in total. The Bertz CT molecular complexity index is 535. The van der Waals surface area contributed by atoms with Crippen molar-refractivity contribution in [3.8, 4) is 0 Å². The average molecular weight is 235 g/mol. The quantitative estimate of drug-likeness (QED) is 0.868. The number of aryl methyl sites for hydroxylation is 1. The van der Waals surface area contributed by atoms with Gasteiger partial charge in [0.25, 0.3) is 0 Å². The van der Waals surface area contributed by atoms with Gasteiger partial charge in [-0.2, -0.15) is 0 Å². The van der Waals surface area contributed by atoms with E-state index in [1.54, 1.807) is 13.0 Å². The van der Waals surface area contributed by atoms with Gasteiger partial charge in [0.05, 0.1) is 0 Å². The minimum Gasteiger partial charge on any atom is -0.384 e. The van der Waals surface area contributed by atoms with Gasteiger partial charge in [0, 0.05) is 24.2 Å². The summed E-state index contributed by atoms with van der Waals surface area (Å²) in [5, 5.41) is 0. The molecule has 2 rings (SSSR count). The molecule has 0 spiro atoms. The summed E-state index contributed by atoms with van der Waals surface area (Å²) in [6, 6.07) is 5.06. The van der Waals surface area contributed by atoms with Crippen LogP contribution in [0.3, 0.4) is 0 Å². The fraction of sp³-hybridized carbons (Fsp3) is 0.167. The Labute approximate surface area is 97.3 Å². The van der Waals surface area contributed by atoms with E-state index in [4.69, 9.17) is 5.73 Å². The normalized spacial score (nSPS) is 10.5. The molecular formula is C12H11F2N3. The second-order valence-electron chi connectivity index (χ2n) is 3.76. The van der Waals surface area contributed by atoms with Gasteiger partial charge in [-0.3, -0.25) is 0 Å². The molecule has 1 aromatic carbocycles. The van der Waals surface area contributed by atoms with Gasteiger partial charge in [-0.25, -0.2) is 18.7 Å². The van der Waals surface area contributed by atoms with E-state index in [1.807, 2.05) is 0 Å². The molecule has 2 aromatic rings. The largest absolute Gasteiger partial charge is 0.384 e. The molecule has 0 aliphatic rings. The Morgan fingerprint density at radius 1 is 1.18 bits per heavy atom. The Kier molecular flexibility index (Phi) is 2.99. The number of rotatable bonds is 2. The van der Waals surface area contributed by atoms with E-state index in [0.29, 0.717) is 17.2 Å². The summed E-state index contributed by atoms with van der Waals surface area (Å²) in [7, 11) is 0. The molecule has 0 fully saturated rings. The standard InChI is InChI=1S/C12H11F2N3/c1-7-4-11(15)17-12(16-7)5-8-2-3-9(13)6-10(8)14/h2-4,6H,5H2,1H3,(H2,15,16,17). The van der Waals surface area contributed by atoms with Crippen molar-refractivity contribution >= 4 is 5.82 Å². The van der Waals surface area contributed by atoms with E-state index in [9.17, 15) is 8.78 Å². The van der Waals surface area contributed by atoms with Gasteiger partial charge < -0.3 is 5.73 Å². The van der Waals surface area contributed by atoms with Gasteiger partial charge in [-0.1, -0.05) is 6.07 Å². The number of nitrogens with zero attached hydrogens (tertiary/aromatic N) is 2. The summed E-state index contributed by atoms with van der Waals surface area (Å²) in [6.07, 6.45) is 0.192. The topological polar surface area (TPSA) is 51.8 Å². The van der Waals surface area contributed by atoms with Crippen molar-refractivity contribution in [2.75, 3.05) is 5.73 Å². The number of nitrogens with two attached hydrogens (primary N) is 1. The Morgan fingerprint density at radius 3 is 2.59 bits per heavy atom. The molecule has 0 aliphatic heterocycles. The highest BCUT2D eigenvalue weighted by atomic mass is 19.1. The van der Waals surface area contributed by atoms with Gasteiger partial charge >= 0.3 is 0 Å². The molecule has 17 heavy (non-hydrogen) atoms. The number of anilines is 1. The highest BCUT2D eigenvalue weighted by Gasteiger charge is 2.07. The summed E-state index contributed by atoms with van der Waals surface area (Å²) in [5.41, 5.74) is 6.63. The predicted molar refractivity (Wildman–Crippen MR) is 60.3 cm³/mol. The lowest BCUT2D eigenvalue weighted by Crippen LogP contribution is -2.03. The molecule has 1 heterocycles. The molecule has 0 saturated carbocycles. The lowest BCUT2D eigenvalue weighted by Gasteiger charge is -2.04. The number of hydrogen-bond donors (Lipinski definition) is 1. The summed E-state index contributed by atoms with van der Waals surface area (Å²) in [5.74, 6) is -0.437. The lowest BCUT2D eigenvalue weighted by molar-refractivity contribution is 0.573. The third-order valence-electron chi connectivity index (χ3n) is 2.28. The first-order valence-corrected chi connectivity index (χ1v) is 5.08. The zero-order valence-electron chi connectivity index (χ0n) is 9.24. The zero-order valence-corrected chi connectivity index (χ0v) is 9.24. The van der Waals surface area contributed by atoms with Crippen molar-refractivity contribution in [1.29, 1.82) is 0 Å². The van der Waals surface area contributed by atoms with Crippen LogP contribution in [0.5, 0.6) is 0 Å². The lowest BCUT2D eigenvalue weighted by atomic mass is 10.1. The van der Waals surface area contributed by atoms with Crippen LogP contribution in [0.15, 0.2) is 24.3 Å².